The molecule has 1 aromatic carbocycles. The van der Waals surface area contributed by atoms with Crippen LogP contribution in [0.5, 0.6) is 0 Å². The summed E-state index contributed by atoms with van der Waals surface area (Å²) in [6.45, 7) is 2.01. The first-order chi connectivity index (χ1) is 10.1. The lowest BCUT2D eigenvalue weighted by molar-refractivity contribution is 0.0956. The quantitative estimate of drug-likeness (QED) is 0.772. The number of rotatable bonds is 6. The van der Waals surface area contributed by atoms with E-state index in [1.807, 2.05) is 6.92 Å². The normalized spacial score (nSPS) is 11.4. The lowest BCUT2D eigenvalue weighted by atomic mass is 10.1. The Morgan fingerprint density at radius 2 is 2.24 bits per heavy atom. The Morgan fingerprint density at radius 3 is 2.90 bits per heavy atom. The summed E-state index contributed by atoms with van der Waals surface area (Å²) < 4.78 is 24.5. The third-order valence-electron chi connectivity index (χ3n) is 2.62. The van der Waals surface area contributed by atoms with Crippen molar-refractivity contribution < 1.29 is 18.5 Å². The molecule has 2 N–H and O–H groups in total. The van der Waals surface area contributed by atoms with Crippen LogP contribution in [0.2, 0.25) is 0 Å². The van der Waals surface area contributed by atoms with E-state index in [4.69, 9.17) is 5.11 Å². The number of aliphatic hydroxyl groups excluding tert-OH is 1. The third-order valence-corrected chi connectivity index (χ3v) is 3.93. The maximum atomic E-state index is 13.2. The Kier molecular flexibility index (Phi) is 7.65. The van der Waals surface area contributed by atoms with Gasteiger partial charge in [-0.3, -0.25) is 9.00 Å². The van der Waals surface area contributed by atoms with Crippen LogP contribution in [0.3, 0.4) is 0 Å². The molecule has 0 saturated carbocycles. The molecular formula is C15H18FNO3S. The van der Waals surface area contributed by atoms with Crippen molar-refractivity contribution >= 4 is 16.7 Å². The first-order valence-electron chi connectivity index (χ1n) is 6.61. The standard InChI is InChI=1S/C15H18FNO3S/c1-2-21(20)10-8-17-15(19)14-7-6-13(16)11-12(14)5-3-4-9-18/h6-7,11,18H,2,4,8-10H2,1H3,(H,17,19). The lowest BCUT2D eigenvalue weighted by Crippen LogP contribution is -2.28. The van der Waals surface area contributed by atoms with Crippen molar-refractivity contribution in [3.8, 4) is 11.8 Å². The highest BCUT2D eigenvalue weighted by atomic mass is 32.2. The largest absolute Gasteiger partial charge is 0.395 e. The summed E-state index contributed by atoms with van der Waals surface area (Å²) in [6.07, 6.45) is 0.257. The van der Waals surface area contributed by atoms with Crippen molar-refractivity contribution in [3.63, 3.8) is 0 Å². The van der Waals surface area contributed by atoms with Crippen molar-refractivity contribution in [3.05, 3.63) is 35.1 Å². The lowest BCUT2D eigenvalue weighted by Gasteiger charge is -2.07. The predicted octanol–water partition coefficient (Wildman–Crippen LogP) is 1.06. The second-order valence-electron chi connectivity index (χ2n) is 4.15. The zero-order chi connectivity index (χ0) is 15.7. The molecule has 0 bridgehead atoms. The van der Waals surface area contributed by atoms with Crippen molar-refractivity contribution in [2.45, 2.75) is 13.3 Å². The Balaban J connectivity index is 2.79. The van der Waals surface area contributed by atoms with E-state index < -0.39 is 16.6 Å². The van der Waals surface area contributed by atoms with Gasteiger partial charge in [-0.05, 0) is 18.2 Å². The van der Waals surface area contributed by atoms with Crippen LogP contribution in [0.15, 0.2) is 18.2 Å². The Morgan fingerprint density at radius 1 is 1.48 bits per heavy atom. The first kappa shape index (κ1) is 17.3. The van der Waals surface area contributed by atoms with E-state index in [9.17, 15) is 13.4 Å². The van der Waals surface area contributed by atoms with Crippen LogP contribution in [0.25, 0.3) is 0 Å². The molecule has 0 radical (unpaired) electrons. The molecule has 0 heterocycles. The minimum atomic E-state index is -0.945. The van der Waals surface area contributed by atoms with Gasteiger partial charge in [0, 0.05) is 40.8 Å². The predicted molar refractivity (Wildman–Crippen MR) is 80.9 cm³/mol. The van der Waals surface area contributed by atoms with Crippen LogP contribution < -0.4 is 5.32 Å². The van der Waals surface area contributed by atoms with Gasteiger partial charge < -0.3 is 10.4 Å². The highest BCUT2D eigenvalue weighted by Gasteiger charge is 2.11. The fourth-order valence-corrected chi connectivity index (χ4v) is 2.17. The third kappa shape index (κ3) is 6.06. The zero-order valence-electron chi connectivity index (χ0n) is 11.8. The highest BCUT2D eigenvalue weighted by molar-refractivity contribution is 7.84. The molecule has 0 aliphatic rings. The molecular weight excluding hydrogens is 293 g/mol. The summed E-state index contributed by atoms with van der Waals surface area (Å²) >= 11 is 0. The van der Waals surface area contributed by atoms with Gasteiger partial charge in [0.1, 0.15) is 5.82 Å². The molecule has 114 valence electrons. The SMILES string of the molecule is CCS(=O)CCNC(=O)c1ccc(F)cc1C#CCCO. The molecule has 21 heavy (non-hydrogen) atoms. The number of halogens is 1. The summed E-state index contributed by atoms with van der Waals surface area (Å²) in [5.41, 5.74) is 0.543. The average molecular weight is 311 g/mol. The highest BCUT2D eigenvalue weighted by Crippen LogP contribution is 2.10. The van der Waals surface area contributed by atoms with Crippen molar-refractivity contribution in [2.24, 2.45) is 0 Å². The monoisotopic (exact) mass is 311 g/mol. The molecule has 0 spiro atoms. The van der Waals surface area contributed by atoms with Crippen molar-refractivity contribution in [2.75, 3.05) is 24.7 Å². The number of hydrogen-bond donors (Lipinski definition) is 2. The molecule has 0 aliphatic heterocycles. The van der Waals surface area contributed by atoms with Gasteiger partial charge in [-0.25, -0.2) is 4.39 Å². The first-order valence-corrected chi connectivity index (χ1v) is 8.09. The number of aliphatic hydroxyl groups is 1. The summed E-state index contributed by atoms with van der Waals surface area (Å²) in [7, 11) is -0.945. The van der Waals surface area contributed by atoms with Crippen molar-refractivity contribution in [1.29, 1.82) is 0 Å². The Hall–Kier alpha value is -1.71. The second kappa shape index (κ2) is 9.27. The van der Waals surface area contributed by atoms with Gasteiger partial charge in [-0.1, -0.05) is 18.8 Å². The van der Waals surface area contributed by atoms with Crippen LogP contribution in [0.1, 0.15) is 29.3 Å². The Labute approximate surface area is 126 Å². The molecule has 1 unspecified atom stereocenters. The number of hydrogen-bond acceptors (Lipinski definition) is 3. The van der Waals surface area contributed by atoms with E-state index in [1.165, 1.54) is 18.2 Å². The number of amides is 1. The van der Waals surface area contributed by atoms with E-state index in [0.29, 0.717) is 18.1 Å². The molecule has 6 heteroatoms. The maximum absolute atomic E-state index is 13.2. The van der Waals surface area contributed by atoms with E-state index in [-0.39, 0.29) is 30.1 Å². The van der Waals surface area contributed by atoms with Gasteiger partial charge in [-0.2, -0.15) is 0 Å². The topological polar surface area (TPSA) is 66.4 Å². The van der Waals surface area contributed by atoms with Crippen LogP contribution in [0, 0.1) is 17.7 Å². The summed E-state index contributed by atoms with van der Waals surface area (Å²) in [5.74, 6) is 5.41. The van der Waals surface area contributed by atoms with Gasteiger partial charge in [0.05, 0.1) is 12.2 Å². The summed E-state index contributed by atoms with van der Waals surface area (Å²) in [5, 5.41) is 11.3. The minimum absolute atomic E-state index is 0.0906. The molecule has 4 nitrogen and oxygen atoms in total. The smallest absolute Gasteiger partial charge is 0.252 e. The zero-order valence-corrected chi connectivity index (χ0v) is 12.6. The van der Waals surface area contributed by atoms with Gasteiger partial charge in [-0.15, -0.1) is 0 Å². The number of carbonyl (C=O) groups is 1. The molecule has 1 atom stereocenters. The van der Waals surface area contributed by atoms with Gasteiger partial charge in [0.15, 0.2) is 0 Å². The average Bonchev–Trinajstić information content (AvgIpc) is 2.47. The van der Waals surface area contributed by atoms with E-state index in [0.717, 1.165) is 0 Å². The summed E-state index contributed by atoms with van der Waals surface area (Å²) in [4.78, 5) is 12.0. The number of nitrogens with one attached hydrogen (secondary N) is 1. The fraction of sp³-hybridized carbons (Fsp3) is 0.400. The second-order valence-corrected chi connectivity index (χ2v) is 6.02. The van der Waals surface area contributed by atoms with Crippen molar-refractivity contribution in [1.82, 2.24) is 5.32 Å². The van der Waals surface area contributed by atoms with Gasteiger partial charge in [0.25, 0.3) is 5.91 Å². The molecule has 0 fully saturated rings. The van der Waals surface area contributed by atoms with Crippen LogP contribution in [-0.2, 0) is 10.8 Å². The molecule has 0 saturated heterocycles. The van der Waals surface area contributed by atoms with E-state index >= 15 is 0 Å². The van der Waals surface area contributed by atoms with Gasteiger partial charge in [0.2, 0.25) is 0 Å². The van der Waals surface area contributed by atoms with Crippen LogP contribution in [-0.4, -0.2) is 39.9 Å². The molecule has 0 aliphatic carbocycles. The number of carbonyl (C=O) groups excluding carboxylic acids is 1. The molecule has 1 aromatic rings. The maximum Gasteiger partial charge on any atom is 0.252 e. The summed E-state index contributed by atoms with van der Waals surface area (Å²) in [6, 6.07) is 3.74. The van der Waals surface area contributed by atoms with E-state index in [2.05, 4.69) is 17.2 Å². The molecule has 1 rings (SSSR count). The molecule has 0 aromatic heterocycles. The van der Waals surface area contributed by atoms with Gasteiger partial charge >= 0.3 is 0 Å². The minimum Gasteiger partial charge on any atom is -0.395 e. The van der Waals surface area contributed by atoms with E-state index in [1.54, 1.807) is 0 Å². The van der Waals surface area contributed by atoms with Crippen LogP contribution >= 0.6 is 0 Å². The molecule has 1 amide bonds. The Bertz CT molecular complexity index is 578. The number of benzene rings is 1. The fourth-order valence-electron chi connectivity index (χ4n) is 1.55. The van der Waals surface area contributed by atoms with Crippen LogP contribution in [0.4, 0.5) is 4.39 Å².